The van der Waals surface area contributed by atoms with Gasteiger partial charge in [0, 0.05) is 25.3 Å². The van der Waals surface area contributed by atoms with Gasteiger partial charge in [-0.15, -0.1) is 0 Å². The third-order valence-corrected chi connectivity index (χ3v) is 2.50. The van der Waals surface area contributed by atoms with Crippen molar-refractivity contribution in [3.63, 3.8) is 0 Å². The second-order valence-corrected chi connectivity index (χ2v) is 3.76. The van der Waals surface area contributed by atoms with Crippen LogP contribution < -0.4 is 14.4 Å². The summed E-state index contributed by atoms with van der Waals surface area (Å²) in [5, 5.41) is 18.2. The van der Waals surface area contributed by atoms with E-state index in [1.807, 2.05) is 24.1 Å². The number of benzene rings is 1. The van der Waals surface area contributed by atoms with Crippen molar-refractivity contribution < 1.29 is 19.7 Å². The Morgan fingerprint density at radius 3 is 2.41 bits per heavy atom. The lowest BCUT2D eigenvalue weighted by Crippen LogP contribution is -2.31. The van der Waals surface area contributed by atoms with Gasteiger partial charge in [-0.3, -0.25) is 0 Å². The van der Waals surface area contributed by atoms with Crippen molar-refractivity contribution in [1.29, 1.82) is 0 Å². The SMILES string of the molecule is COc1ccc(N(C)CC(O)CO)cc1OC. The predicted molar refractivity (Wildman–Crippen MR) is 65.9 cm³/mol. The van der Waals surface area contributed by atoms with Crippen LogP contribution in [0.2, 0.25) is 0 Å². The van der Waals surface area contributed by atoms with Gasteiger partial charge in [-0.2, -0.15) is 0 Å². The predicted octanol–water partition coefficient (Wildman–Crippen LogP) is 0.493. The summed E-state index contributed by atoms with van der Waals surface area (Å²) in [5.41, 5.74) is 0.884. The molecule has 0 heterocycles. The fraction of sp³-hybridized carbons (Fsp3) is 0.500. The Bertz CT molecular complexity index is 356. The van der Waals surface area contributed by atoms with Gasteiger partial charge in [0.05, 0.1) is 26.9 Å². The monoisotopic (exact) mass is 241 g/mol. The molecule has 0 aliphatic carbocycles. The lowest BCUT2D eigenvalue weighted by atomic mass is 10.2. The Labute approximate surface area is 101 Å². The van der Waals surface area contributed by atoms with Gasteiger partial charge >= 0.3 is 0 Å². The van der Waals surface area contributed by atoms with E-state index in [1.165, 1.54) is 0 Å². The van der Waals surface area contributed by atoms with E-state index in [2.05, 4.69) is 0 Å². The topological polar surface area (TPSA) is 62.2 Å². The highest BCUT2D eigenvalue weighted by Crippen LogP contribution is 2.31. The van der Waals surface area contributed by atoms with Crippen LogP contribution >= 0.6 is 0 Å². The molecule has 1 aromatic carbocycles. The standard InChI is InChI=1S/C12H19NO4/c1-13(7-10(15)8-14)9-4-5-11(16-2)12(6-9)17-3/h4-6,10,14-15H,7-8H2,1-3H3. The zero-order valence-electron chi connectivity index (χ0n) is 10.4. The number of hydrogen-bond donors (Lipinski definition) is 2. The van der Waals surface area contributed by atoms with Crippen LogP contribution in [0.1, 0.15) is 0 Å². The summed E-state index contributed by atoms with van der Waals surface area (Å²) in [4.78, 5) is 1.84. The molecule has 5 heteroatoms. The summed E-state index contributed by atoms with van der Waals surface area (Å²) in [5.74, 6) is 1.29. The third-order valence-electron chi connectivity index (χ3n) is 2.50. The van der Waals surface area contributed by atoms with Gasteiger partial charge in [0.25, 0.3) is 0 Å². The fourth-order valence-corrected chi connectivity index (χ4v) is 1.54. The Morgan fingerprint density at radius 2 is 1.88 bits per heavy atom. The Balaban J connectivity index is 2.84. The average molecular weight is 241 g/mol. The molecule has 5 nitrogen and oxygen atoms in total. The minimum absolute atomic E-state index is 0.252. The zero-order chi connectivity index (χ0) is 12.8. The number of anilines is 1. The highest BCUT2D eigenvalue weighted by atomic mass is 16.5. The summed E-state index contributed by atoms with van der Waals surface area (Å²) < 4.78 is 10.3. The van der Waals surface area contributed by atoms with E-state index in [0.717, 1.165) is 5.69 Å². The summed E-state index contributed by atoms with van der Waals surface area (Å²) in [6.07, 6.45) is -0.756. The second kappa shape index (κ2) is 6.32. The Hall–Kier alpha value is -1.46. The number of hydrogen-bond acceptors (Lipinski definition) is 5. The van der Waals surface area contributed by atoms with Crippen molar-refractivity contribution in [1.82, 2.24) is 0 Å². The zero-order valence-corrected chi connectivity index (χ0v) is 10.4. The van der Waals surface area contributed by atoms with Crippen LogP contribution in [0.3, 0.4) is 0 Å². The first kappa shape index (κ1) is 13.6. The number of aliphatic hydroxyl groups is 2. The van der Waals surface area contributed by atoms with E-state index < -0.39 is 6.10 Å². The van der Waals surface area contributed by atoms with Gasteiger partial charge in [-0.25, -0.2) is 0 Å². The molecule has 0 bridgehead atoms. The molecule has 0 saturated carbocycles. The van der Waals surface area contributed by atoms with Gasteiger partial charge < -0.3 is 24.6 Å². The minimum atomic E-state index is -0.756. The van der Waals surface area contributed by atoms with Crippen LogP contribution in [0.25, 0.3) is 0 Å². The molecule has 1 aromatic rings. The largest absolute Gasteiger partial charge is 0.493 e. The molecule has 2 N–H and O–H groups in total. The maximum atomic E-state index is 9.37. The highest BCUT2D eigenvalue weighted by molar-refractivity contribution is 5.56. The Kier molecular flexibility index (Phi) is 5.06. The molecular weight excluding hydrogens is 222 g/mol. The van der Waals surface area contributed by atoms with E-state index in [1.54, 1.807) is 20.3 Å². The molecule has 0 spiro atoms. The summed E-state index contributed by atoms with van der Waals surface area (Å²) >= 11 is 0. The van der Waals surface area contributed by atoms with Gasteiger partial charge in [-0.1, -0.05) is 0 Å². The molecule has 0 amide bonds. The van der Waals surface area contributed by atoms with Gasteiger partial charge in [0.15, 0.2) is 11.5 Å². The van der Waals surface area contributed by atoms with Crippen LogP contribution in [-0.2, 0) is 0 Å². The van der Waals surface area contributed by atoms with Crippen molar-refractivity contribution in [3.05, 3.63) is 18.2 Å². The van der Waals surface area contributed by atoms with E-state index in [0.29, 0.717) is 18.0 Å². The molecule has 0 aliphatic rings. The van der Waals surface area contributed by atoms with Crippen molar-refractivity contribution >= 4 is 5.69 Å². The minimum Gasteiger partial charge on any atom is -0.493 e. The molecule has 96 valence electrons. The lowest BCUT2D eigenvalue weighted by molar-refractivity contribution is 0.101. The van der Waals surface area contributed by atoms with Crippen LogP contribution in [0.4, 0.5) is 5.69 Å². The maximum Gasteiger partial charge on any atom is 0.162 e. The van der Waals surface area contributed by atoms with Gasteiger partial charge in [-0.05, 0) is 12.1 Å². The van der Waals surface area contributed by atoms with Crippen molar-refractivity contribution in [2.75, 3.05) is 39.3 Å². The summed E-state index contributed by atoms with van der Waals surface area (Å²) in [7, 11) is 4.99. The molecular formula is C12H19NO4. The maximum absolute atomic E-state index is 9.37. The first-order valence-corrected chi connectivity index (χ1v) is 5.34. The van der Waals surface area contributed by atoms with Gasteiger partial charge in [0.1, 0.15) is 0 Å². The number of methoxy groups -OCH3 is 2. The van der Waals surface area contributed by atoms with Crippen LogP contribution in [-0.4, -0.2) is 50.7 Å². The van der Waals surface area contributed by atoms with E-state index in [4.69, 9.17) is 14.6 Å². The first-order chi connectivity index (χ1) is 8.12. The van der Waals surface area contributed by atoms with Crippen molar-refractivity contribution in [2.45, 2.75) is 6.10 Å². The van der Waals surface area contributed by atoms with E-state index >= 15 is 0 Å². The van der Waals surface area contributed by atoms with Crippen LogP contribution in [0, 0.1) is 0 Å². The van der Waals surface area contributed by atoms with E-state index in [9.17, 15) is 5.11 Å². The number of ether oxygens (including phenoxy) is 2. The van der Waals surface area contributed by atoms with Gasteiger partial charge in [0.2, 0.25) is 0 Å². The second-order valence-electron chi connectivity index (χ2n) is 3.76. The lowest BCUT2D eigenvalue weighted by Gasteiger charge is -2.22. The molecule has 0 fully saturated rings. The highest BCUT2D eigenvalue weighted by Gasteiger charge is 2.10. The Morgan fingerprint density at radius 1 is 1.24 bits per heavy atom. The third kappa shape index (κ3) is 3.51. The average Bonchev–Trinajstić information content (AvgIpc) is 2.37. The molecule has 0 saturated heterocycles. The van der Waals surface area contributed by atoms with Crippen molar-refractivity contribution in [2.24, 2.45) is 0 Å². The normalized spacial score (nSPS) is 12.1. The molecule has 1 atom stereocenters. The number of nitrogens with zero attached hydrogens (tertiary/aromatic N) is 1. The number of rotatable bonds is 6. The van der Waals surface area contributed by atoms with Crippen molar-refractivity contribution in [3.8, 4) is 11.5 Å². The first-order valence-electron chi connectivity index (χ1n) is 5.34. The quantitative estimate of drug-likeness (QED) is 0.759. The number of likely N-dealkylation sites (N-methyl/N-ethyl adjacent to an activating group) is 1. The number of aliphatic hydroxyl groups excluding tert-OH is 2. The van der Waals surface area contributed by atoms with Crippen LogP contribution in [0.5, 0.6) is 11.5 Å². The molecule has 1 unspecified atom stereocenters. The molecule has 1 rings (SSSR count). The van der Waals surface area contributed by atoms with E-state index in [-0.39, 0.29) is 6.61 Å². The molecule has 0 aliphatic heterocycles. The molecule has 17 heavy (non-hydrogen) atoms. The summed E-state index contributed by atoms with van der Waals surface area (Å²) in [6.45, 7) is 0.101. The van der Waals surface area contributed by atoms with Crippen LogP contribution in [0.15, 0.2) is 18.2 Å². The summed E-state index contributed by atoms with van der Waals surface area (Å²) in [6, 6.07) is 5.49. The smallest absolute Gasteiger partial charge is 0.162 e. The molecule has 0 aromatic heterocycles. The molecule has 0 radical (unpaired) electrons. The fourth-order valence-electron chi connectivity index (χ4n) is 1.54.